The first-order valence-electron chi connectivity index (χ1n) is 6.71. The van der Waals surface area contributed by atoms with E-state index < -0.39 is 6.10 Å². The number of amides is 1. The number of nitrogens with one attached hydrogen (secondary N) is 2. The van der Waals surface area contributed by atoms with Crippen LogP contribution in [0.3, 0.4) is 0 Å². The molecule has 0 bridgehead atoms. The van der Waals surface area contributed by atoms with Crippen LogP contribution in [0.15, 0.2) is 48.5 Å². The number of anilines is 2. The quantitative estimate of drug-likeness (QED) is 0.909. The molecule has 0 aliphatic carbocycles. The summed E-state index contributed by atoms with van der Waals surface area (Å²) in [6.07, 6.45) is -0.564. The van der Waals surface area contributed by atoms with E-state index in [1.807, 2.05) is 42.5 Å². The Morgan fingerprint density at radius 1 is 1.29 bits per heavy atom. The molecule has 1 heterocycles. The van der Waals surface area contributed by atoms with Gasteiger partial charge >= 0.3 is 0 Å². The van der Waals surface area contributed by atoms with Gasteiger partial charge in [-0.05, 0) is 24.3 Å². The lowest BCUT2D eigenvalue weighted by Crippen LogP contribution is -2.41. The molecule has 0 saturated carbocycles. The Bertz CT molecular complexity index is 657. The summed E-state index contributed by atoms with van der Waals surface area (Å²) in [4.78, 5) is 12.3. The minimum atomic E-state index is -0.564. The van der Waals surface area contributed by atoms with Crippen molar-refractivity contribution in [2.75, 3.05) is 24.3 Å². The maximum atomic E-state index is 12.3. The minimum absolute atomic E-state index is 0.190. The third-order valence-electron chi connectivity index (χ3n) is 3.26. The van der Waals surface area contributed by atoms with Gasteiger partial charge < -0.3 is 20.1 Å². The van der Waals surface area contributed by atoms with Crippen molar-refractivity contribution in [2.24, 2.45) is 0 Å². The number of para-hydroxylation sites is 2. The van der Waals surface area contributed by atoms with Gasteiger partial charge in [-0.25, -0.2) is 0 Å². The molecule has 2 N–H and O–H groups in total. The zero-order chi connectivity index (χ0) is 14.7. The number of methoxy groups -OCH3 is 1. The lowest BCUT2D eigenvalue weighted by atomic mass is 10.2. The Morgan fingerprint density at radius 3 is 3.00 bits per heavy atom. The average molecular weight is 284 g/mol. The lowest BCUT2D eigenvalue weighted by Gasteiger charge is -2.26. The van der Waals surface area contributed by atoms with Crippen molar-refractivity contribution in [1.29, 1.82) is 0 Å². The molecule has 3 rings (SSSR count). The summed E-state index contributed by atoms with van der Waals surface area (Å²) in [5.74, 6) is 1.20. The molecule has 2 aromatic rings. The van der Waals surface area contributed by atoms with Gasteiger partial charge in [0.15, 0.2) is 6.10 Å². The fraction of sp³-hybridized carbons (Fsp3) is 0.188. The Hall–Kier alpha value is -2.69. The molecule has 1 aliphatic rings. The van der Waals surface area contributed by atoms with Crippen LogP contribution in [0.2, 0.25) is 0 Å². The van der Waals surface area contributed by atoms with E-state index in [0.29, 0.717) is 23.7 Å². The summed E-state index contributed by atoms with van der Waals surface area (Å²) in [5, 5.41) is 6.02. The molecule has 1 aliphatic heterocycles. The predicted molar refractivity (Wildman–Crippen MR) is 81.0 cm³/mol. The summed E-state index contributed by atoms with van der Waals surface area (Å²) >= 11 is 0. The highest BCUT2D eigenvalue weighted by molar-refractivity contribution is 5.95. The van der Waals surface area contributed by atoms with Crippen LogP contribution in [0.1, 0.15) is 0 Å². The van der Waals surface area contributed by atoms with Crippen LogP contribution in [0.25, 0.3) is 0 Å². The van der Waals surface area contributed by atoms with E-state index >= 15 is 0 Å². The number of hydrogen-bond acceptors (Lipinski definition) is 4. The zero-order valence-corrected chi connectivity index (χ0v) is 11.6. The van der Waals surface area contributed by atoms with Gasteiger partial charge in [-0.2, -0.15) is 0 Å². The molecule has 0 aromatic heterocycles. The molecule has 5 nitrogen and oxygen atoms in total. The van der Waals surface area contributed by atoms with Gasteiger partial charge in [-0.15, -0.1) is 0 Å². The summed E-state index contributed by atoms with van der Waals surface area (Å²) in [6, 6.07) is 14.8. The number of fused-ring (bicyclic) bond motifs is 1. The Kier molecular flexibility index (Phi) is 3.64. The number of benzene rings is 2. The van der Waals surface area contributed by atoms with Gasteiger partial charge in [-0.3, -0.25) is 4.79 Å². The summed E-state index contributed by atoms with van der Waals surface area (Å²) in [5.41, 5.74) is 1.59. The molecule has 5 heteroatoms. The van der Waals surface area contributed by atoms with Gasteiger partial charge in [0.2, 0.25) is 0 Å². The van der Waals surface area contributed by atoms with E-state index in [9.17, 15) is 4.79 Å². The molecule has 108 valence electrons. The number of carbonyl (C=O) groups is 1. The van der Waals surface area contributed by atoms with E-state index in [4.69, 9.17) is 9.47 Å². The second-order valence-electron chi connectivity index (χ2n) is 4.70. The summed E-state index contributed by atoms with van der Waals surface area (Å²) in [6.45, 7) is 0.437. The monoisotopic (exact) mass is 284 g/mol. The predicted octanol–water partition coefficient (Wildman–Crippen LogP) is 2.51. The van der Waals surface area contributed by atoms with E-state index in [1.54, 1.807) is 13.2 Å². The van der Waals surface area contributed by atoms with Crippen LogP contribution in [-0.4, -0.2) is 25.7 Å². The van der Waals surface area contributed by atoms with Crippen molar-refractivity contribution in [2.45, 2.75) is 6.10 Å². The normalized spacial score (nSPS) is 16.1. The molecule has 21 heavy (non-hydrogen) atoms. The van der Waals surface area contributed by atoms with Crippen molar-refractivity contribution in [3.8, 4) is 11.5 Å². The topological polar surface area (TPSA) is 59.6 Å². The second kappa shape index (κ2) is 5.75. The maximum absolute atomic E-state index is 12.3. The molecule has 1 amide bonds. The van der Waals surface area contributed by atoms with Gasteiger partial charge in [0.25, 0.3) is 5.91 Å². The largest absolute Gasteiger partial charge is 0.497 e. The molecule has 0 radical (unpaired) electrons. The minimum Gasteiger partial charge on any atom is -0.497 e. The van der Waals surface area contributed by atoms with Gasteiger partial charge in [0.1, 0.15) is 11.5 Å². The molecular weight excluding hydrogens is 268 g/mol. The van der Waals surface area contributed by atoms with Crippen molar-refractivity contribution in [3.05, 3.63) is 48.5 Å². The van der Waals surface area contributed by atoms with Crippen molar-refractivity contribution >= 4 is 17.3 Å². The van der Waals surface area contributed by atoms with Gasteiger partial charge in [0, 0.05) is 11.8 Å². The van der Waals surface area contributed by atoms with E-state index in [-0.39, 0.29) is 5.91 Å². The number of rotatable bonds is 3. The van der Waals surface area contributed by atoms with Gasteiger partial charge in [-0.1, -0.05) is 18.2 Å². The first-order chi connectivity index (χ1) is 10.3. The van der Waals surface area contributed by atoms with Crippen LogP contribution >= 0.6 is 0 Å². The molecule has 1 unspecified atom stereocenters. The standard InChI is InChI=1S/C16H16N2O3/c1-20-12-6-4-5-11(9-12)18-16(19)15-10-17-13-7-2-3-8-14(13)21-15/h2-9,15,17H,10H2,1H3,(H,18,19). The second-order valence-corrected chi connectivity index (χ2v) is 4.70. The summed E-state index contributed by atoms with van der Waals surface area (Å²) in [7, 11) is 1.59. The Morgan fingerprint density at radius 2 is 2.14 bits per heavy atom. The molecule has 0 saturated heterocycles. The van der Waals surface area contributed by atoms with Crippen molar-refractivity contribution in [3.63, 3.8) is 0 Å². The number of carbonyl (C=O) groups excluding carboxylic acids is 1. The van der Waals surface area contributed by atoms with Crippen LogP contribution in [-0.2, 0) is 4.79 Å². The number of hydrogen-bond donors (Lipinski definition) is 2. The molecule has 0 spiro atoms. The zero-order valence-electron chi connectivity index (χ0n) is 11.6. The highest BCUT2D eigenvalue weighted by Crippen LogP contribution is 2.28. The van der Waals surface area contributed by atoms with Crippen molar-refractivity contribution < 1.29 is 14.3 Å². The van der Waals surface area contributed by atoms with Crippen LogP contribution in [0.4, 0.5) is 11.4 Å². The third kappa shape index (κ3) is 2.91. The fourth-order valence-corrected chi connectivity index (χ4v) is 2.18. The van der Waals surface area contributed by atoms with Crippen LogP contribution < -0.4 is 20.1 Å². The number of ether oxygens (including phenoxy) is 2. The first kappa shape index (κ1) is 13.3. The van der Waals surface area contributed by atoms with Crippen LogP contribution in [0.5, 0.6) is 11.5 Å². The molecule has 2 aromatic carbocycles. The first-order valence-corrected chi connectivity index (χ1v) is 6.71. The highest BCUT2D eigenvalue weighted by Gasteiger charge is 2.25. The van der Waals surface area contributed by atoms with E-state index in [2.05, 4.69) is 10.6 Å². The molecule has 1 atom stereocenters. The van der Waals surface area contributed by atoms with Gasteiger partial charge in [0.05, 0.1) is 19.3 Å². The molecule has 0 fully saturated rings. The van der Waals surface area contributed by atoms with E-state index in [0.717, 1.165) is 5.69 Å². The molecular formula is C16H16N2O3. The Balaban J connectivity index is 1.69. The lowest BCUT2D eigenvalue weighted by molar-refractivity contribution is -0.122. The van der Waals surface area contributed by atoms with Crippen molar-refractivity contribution in [1.82, 2.24) is 0 Å². The average Bonchev–Trinajstić information content (AvgIpc) is 2.54. The smallest absolute Gasteiger partial charge is 0.267 e. The third-order valence-corrected chi connectivity index (χ3v) is 3.26. The summed E-state index contributed by atoms with van der Waals surface area (Å²) < 4.78 is 10.9. The highest BCUT2D eigenvalue weighted by atomic mass is 16.5. The SMILES string of the molecule is COc1cccc(NC(=O)C2CNc3ccccc3O2)c1. The van der Waals surface area contributed by atoms with Crippen LogP contribution in [0, 0.1) is 0 Å². The Labute approximate surface area is 122 Å². The fourth-order valence-electron chi connectivity index (χ4n) is 2.18. The maximum Gasteiger partial charge on any atom is 0.267 e. The van der Waals surface area contributed by atoms with E-state index in [1.165, 1.54) is 0 Å².